The zero-order chi connectivity index (χ0) is 19.6. The highest BCUT2D eigenvalue weighted by atomic mass is 35.5. The van der Waals surface area contributed by atoms with Gasteiger partial charge in [-0.05, 0) is 41.3 Å². The van der Waals surface area contributed by atoms with Gasteiger partial charge in [-0.3, -0.25) is 0 Å². The van der Waals surface area contributed by atoms with Crippen LogP contribution < -0.4 is 0 Å². The Morgan fingerprint density at radius 2 is 1.71 bits per heavy atom. The molecule has 4 heteroatoms. The zero-order valence-electron chi connectivity index (χ0n) is 16.0. The van der Waals surface area contributed by atoms with E-state index in [1.165, 1.54) is 31.3 Å². The Bertz CT molecular complexity index is 1350. The fraction of sp³-hybridized carbons (Fsp3) is 0.167. The molecule has 0 radical (unpaired) electrons. The normalized spacial score (nSPS) is 12.4. The third-order valence-electron chi connectivity index (χ3n) is 5.28. The Balaban J connectivity index is 1.98. The molecule has 2 nitrogen and oxygen atoms in total. The molecule has 0 unspecified atom stereocenters. The van der Waals surface area contributed by atoms with Crippen LogP contribution in [0.5, 0.6) is 5.75 Å². The van der Waals surface area contributed by atoms with Gasteiger partial charge < -0.3 is 9.67 Å². The van der Waals surface area contributed by atoms with Crippen LogP contribution in [0.15, 0.2) is 60.7 Å². The summed E-state index contributed by atoms with van der Waals surface area (Å²) in [4.78, 5) is 1.17. The summed E-state index contributed by atoms with van der Waals surface area (Å²) in [6, 6.07) is 20.5. The molecule has 0 bridgehead atoms. The first-order chi connectivity index (χ1) is 13.3. The van der Waals surface area contributed by atoms with E-state index in [4.69, 9.17) is 11.6 Å². The number of aromatic hydroxyl groups is 1. The molecule has 0 spiro atoms. The lowest BCUT2D eigenvalue weighted by atomic mass is 9.86. The number of fused-ring (bicyclic) bond motifs is 5. The molecule has 0 saturated heterocycles. The second-order valence-electron chi connectivity index (χ2n) is 8.26. The van der Waals surface area contributed by atoms with E-state index >= 15 is 0 Å². The van der Waals surface area contributed by atoms with Crippen LogP contribution in [0.1, 0.15) is 26.3 Å². The van der Waals surface area contributed by atoms with Crippen LogP contribution >= 0.6 is 22.9 Å². The molecule has 0 fully saturated rings. The summed E-state index contributed by atoms with van der Waals surface area (Å²) < 4.78 is 3.48. The Hall–Kier alpha value is -2.49. The van der Waals surface area contributed by atoms with Gasteiger partial charge >= 0.3 is 0 Å². The first-order valence-electron chi connectivity index (χ1n) is 9.29. The van der Waals surface area contributed by atoms with Gasteiger partial charge in [0.05, 0.1) is 11.2 Å². The minimum atomic E-state index is 0.0722. The number of hydrogen-bond donors (Lipinski definition) is 1. The molecule has 0 amide bonds. The summed E-state index contributed by atoms with van der Waals surface area (Å²) in [5.74, 6) is 0.171. The summed E-state index contributed by atoms with van der Waals surface area (Å²) in [6.45, 7) is 6.72. The summed E-state index contributed by atoms with van der Waals surface area (Å²) in [6.07, 6.45) is 0. The van der Waals surface area contributed by atoms with E-state index in [0.717, 1.165) is 11.2 Å². The fourth-order valence-electron chi connectivity index (χ4n) is 3.90. The van der Waals surface area contributed by atoms with Crippen molar-refractivity contribution in [1.29, 1.82) is 0 Å². The molecule has 2 aromatic heterocycles. The van der Waals surface area contributed by atoms with E-state index in [1.807, 2.05) is 6.07 Å². The van der Waals surface area contributed by atoms with Crippen molar-refractivity contribution in [2.24, 2.45) is 0 Å². The van der Waals surface area contributed by atoms with E-state index in [-0.39, 0.29) is 11.2 Å². The number of thiophene rings is 1. The average molecular weight is 406 g/mol. The van der Waals surface area contributed by atoms with E-state index in [9.17, 15) is 5.11 Å². The summed E-state index contributed by atoms with van der Waals surface area (Å²) in [5, 5.41) is 14.4. The van der Waals surface area contributed by atoms with Gasteiger partial charge in [-0.25, -0.2) is 0 Å². The quantitative estimate of drug-likeness (QED) is 0.304. The van der Waals surface area contributed by atoms with E-state index in [0.29, 0.717) is 5.02 Å². The fourth-order valence-corrected chi connectivity index (χ4v) is 5.38. The molecular formula is C24H20ClNOS. The van der Waals surface area contributed by atoms with Crippen molar-refractivity contribution in [2.45, 2.75) is 26.2 Å². The lowest BCUT2D eigenvalue weighted by molar-refractivity contribution is 0.475. The molecule has 2 heterocycles. The number of hydrogen-bond acceptors (Lipinski definition) is 2. The summed E-state index contributed by atoms with van der Waals surface area (Å²) in [7, 11) is 0. The standard InChI is InChI=1S/C24H20ClNOS/c1-24(2,3)14-8-9-20-19(10-14)22-18-6-4-5-7-21(18)28-23(22)26(20)16-11-15(25)12-17(27)13-16/h4-13,27H,1-3H3. The van der Waals surface area contributed by atoms with Crippen LogP contribution in [0.25, 0.3) is 36.9 Å². The molecule has 0 atom stereocenters. The average Bonchev–Trinajstić information content (AvgIpc) is 3.13. The Morgan fingerprint density at radius 3 is 2.46 bits per heavy atom. The first-order valence-corrected chi connectivity index (χ1v) is 10.5. The molecule has 28 heavy (non-hydrogen) atoms. The molecule has 0 aliphatic rings. The predicted octanol–water partition coefficient (Wildman–Crippen LogP) is 7.65. The maximum atomic E-state index is 10.1. The number of rotatable bonds is 1. The summed E-state index contributed by atoms with van der Waals surface area (Å²) in [5.41, 5.74) is 3.38. The summed E-state index contributed by atoms with van der Waals surface area (Å²) >= 11 is 8.04. The zero-order valence-corrected chi connectivity index (χ0v) is 17.5. The minimum Gasteiger partial charge on any atom is -0.508 e. The molecule has 0 aliphatic heterocycles. The SMILES string of the molecule is CC(C)(C)c1ccc2c(c1)c1c3ccccc3sc1n2-c1cc(O)cc(Cl)c1. The highest BCUT2D eigenvalue weighted by molar-refractivity contribution is 7.25. The Kier molecular flexibility index (Phi) is 3.77. The van der Waals surface area contributed by atoms with Crippen molar-refractivity contribution in [3.8, 4) is 11.4 Å². The second kappa shape index (κ2) is 6.00. The number of phenolic OH excluding ortho intramolecular Hbond substituents is 1. The first kappa shape index (κ1) is 17.6. The molecule has 1 N–H and O–H groups in total. The number of halogens is 1. The van der Waals surface area contributed by atoms with Crippen molar-refractivity contribution in [3.05, 3.63) is 71.2 Å². The lowest BCUT2D eigenvalue weighted by Gasteiger charge is -2.19. The van der Waals surface area contributed by atoms with E-state index in [1.54, 1.807) is 23.5 Å². The maximum Gasteiger partial charge on any atom is 0.119 e. The van der Waals surface area contributed by atoms with Crippen molar-refractivity contribution >= 4 is 54.1 Å². The van der Waals surface area contributed by atoms with Crippen molar-refractivity contribution in [1.82, 2.24) is 4.57 Å². The van der Waals surface area contributed by atoms with Gasteiger partial charge in [0.1, 0.15) is 10.6 Å². The number of benzene rings is 3. The van der Waals surface area contributed by atoms with Gasteiger partial charge in [-0.2, -0.15) is 0 Å². The van der Waals surface area contributed by atoms with Gasteiger partial charge in [-0.1, -0.05) is 56.6 Å². The van der Waals surface area contributed by atoms with Crippen LogP contribution in [-0.4, -0.2) is 9.67 Å². The van der Waals surface area contributed by atoms with Crippen LogP contribution in [0.3, 0.4) is 0 Å². The van der Waals surface area contributed by atoms with E-state index in [2.05, 4.69) is 67.8 Å². The molecule has 5 rings (SSSR count). The van der Waals surface area contributed by atoms with Gasteiger partial charge in [0, 0.05) is 31.9 Å². The Morgan fingerprint density at radius 1 is 0.929 bits per heavy atom. The monoisotopic (exact) mass is 405 g/mol. The third kappa shape index (κ3) is 2.61. The number of aromatic nitrogens is 1. The van der Waals surface area contributed by atoms with Crippen LogP contribution in [0.2, 0.25) is 5.02 Å². The molecule has 140 valence electrons. The van der Waals surface area contributed by atoms with Gasteiger partial charge in [-0.15, -0.1) is 11.3 Å². The minimum absolute atomic E-state index is 0.0722. The largest absolute Gasteiger partial charge is 0.508 e. The third-order valence-corrected chi connectivity index (χ3v) is 6.65. The van der Waals surface area contributed by atoms with Gasteiger partial charge in [0.25, 0.3) is 0 Å². The van der Waals surface area contributed by atoms with Crippen molar-refractivity contribution in [3.63, 3.8) is 0 Å². The second-order valence-corrected chi connectivity index (χ2v) is 9.73. The topological polar surface area (TPSA) is 25.2 Å². The Labute approximate surface area is 172 Å². The van der Waals surface area contributed by atoms with Crippen molar-refractivity contribution in [2.75, 3.05) is 0 Å². The highest BCUT2D eigenvalue weighted by Gasteiger charge is 2.21. The molecule has 5 aromatic rings. The van der Waals surface area contributed by atoms with Gasteiger partial charge in [0.15, 0.2) is 0 Å². The van der Waals surface area contributed by atoms with Crippen LogP contribution in [0, 0.1) is 0 Å². The van der Waals surface area contributed by atoms with Crippen LogP contribution in [0.4, 0.5) is 0 Å². The molecule has 0 saturated carbocycles. The number of nitrogens with zero attached hydrogens (tertiary/aromatic N) is 1. The smallest absolute Gasteiger partial charge is 0.119 e. The van der Waals surface area contributed by atoms with Crippen LogP contribution in [-0.2, 0) is 5.41 Å². The maximum absolute atomic E-state index is 10.1. The lowest BCUT2D eigenvalue weighted by Crippen LogP contribution is -2.10. The predicted molar refractivity (Wildman–Crippen MR) is 122 cm³/mol. The van der Waals surface area contributed by atoms with Gasteiger partial charge in [0.2, 0.25) is 0 Å². The number of phenols is 1. The van der Waals surface area contributed by atoms with Crippen molar-refractivity contribution < 1.29 is 5.11 Å². The molecule has 0 aliphatic carbocycles. The highest BCUT2D eigenvalue weighted by Crippen LogP contribution is 2.43. The molecule has 3 aromatic carbocycles. The molecular weight excluding hydrogens is 386 g/mol. The van der Waals surface area contributed by atoms with E-state index < -0.39 is 0 Å².